The fraction of sp³-hybridized carbons (Fsp3) is 0.357. The second kappa shape index (κ2) is 7.08. The van der Waals surface area contributed by atoms with E-state index in [-0.39, 0.29) is 5.91 Å². The summed E-state index contributed by atoms with van der Waals surface area (Å²) in [5.74, 6) is 0.472. The molecule has 2 rings (SSSR count). The number of carbonyl (C=O) groups is 1. The van der Waals surface area contributed by atoms with Crippen molar-refractivity contribution < 1.29 is 4.79 Å². The maximum atomic E-state index is 12.3. The Morgan fingerprint density at radius 3 is 2.90 bits per heavy atom. The topological polar surface area (TPSA) is 73.9 Å². The van der Waals surface area contributed by atoms with Gasteiger partial charge in [-0.25, -0.2) is 4.98 Å². The molecule has 0 aliphatic rings. The molecule has 2 N–H and O–H groups in total. The zero-order valence-corrected chi connectivity index (χ0v) is 12.8. The first-order valence-electron chi connectivity index (χ1n) is 6.74. The van der Waals surface area contributed by atoms with Gasteiger partial charge in [0.25, 0.3) is 5.91 Å². The van der Waals surface area contributed by atoms with Crippen LogP contribution in [-0.2, 0) is 6.54 Å². The molecule has 2 aromatic heterocycles. The molecule has 2 aromatic rings. The van der Waals surface area contributed by atoms with Gasteiger partial charge >= 0.3 is 0 Å². The molecular formula is C14H18ClN5O. The summed E-state index contributed by atoms with van der Waals surface area (Å²) in [6.07, 6.45) is 5.96. The van der Waals surface area contributed by atoms with Crippen LogP contribution in [0.25, 0.3) is 0 Å². The Hall–Kier alpha value is -2.08. The third-order valence-electron chi connectivity index (χ3n) is 2.95. The van der Waals surface area contributed by atoms with Gasteiger partial charge in [0.05, 0.1) is 16.8 Å². The van der Waals surface area contributed by atoms with Crippen LogP contribution in [0.1, 0.15) is 29.3 Å². The number of amides is 1. The van der Waals surface area contributed by atoms with Crippen LogP contribution in [0.4, 0.5) is 5.82 Å². The van der Waals surface area contributed by atoms with Crippen molar-refractivity contribution in [3.05, 3.63) is 40.8 Å². The first kappa shape index (κ1) is 15.3. The molecule has 0 aliphatic heterocycles. The summed E-state index contributed by atoms with van der Waals surface area (Å²) in [7, 11) is 1.73. The van der Waals surface area contributed by atoms with Gasteiger partial charge in [0, 0.05) is 38.1 Å². The second-order valence-corrected chi connectivity index (χ2v) is 5.16. The van der Waals surface area contributed by atoms with E-state index in [1.165, 1.54) is 6.20 Å². The Balaban J connectivity index is 2.06. The highest BCUT2D eigenvalue weighted by molar-refractivity contribution is 6.33. The van der Waals surface area contributed by atoms with Gasteiger partial charge in [0.1, 0.15) is 5.82 Å². The van der Waals surface area contributed by atoms with Crippen LogP contribution in [0.5, 0.6) is 0 Å². The molecule has 0 saturated heterocycles. The molecule has 112 valence electrons. The molecule has 0 unspecified atom stereocenters. The van der Waals surface area contributed by atoms with E-state index < -0.39 is 0 Å². The molecule has 0 spiro atoms. The average Bonchev–Trinajstić information content (AvgIpc) is 2.98. The van der Waals surface area contributed by atoms with E-state index in [1.54, 1.807) is 30.4 Å². The number of H-pyrrole nitrogens is 1. The van der Waals surface area contributed by atoms with E-state index in [2.05, 4.69) is 27.4 Å². The molecule has 0 radical (unpaired) electrons. The quantitative estimate of drug-likeness (QED) is 0.860. The van der Waals surface area contributed by atoms with E-state index in [4.69, 9.17) is 11.6 Å². The molecule has 7 heteroatoms. The Bertz CT molecular complexity index is 599. The smallest absolute Gasteiger partial charge is 0.255 e. The number of carbonyl (C=O) groups excluding carboxylic acids is 1. The van der Waals surface area contributed by atoms with Crippen LogP contribution in [0, 0.1) is 0 Å². The van der Waals surface area contributed by atoms with E-state index in [1.807, 2.05) is 0 Å². The third kappa shape index (κ3) is 3.95. The van der Waals surface area contributed by atoms with Crippen LogP contribution >= 0.6 is 11.6 Å². The molecular weight excluding hydrogens is 290 g/mol. The lowest BCUT2D eigenvalue weighted by Crippen LogP contribution is -2.26. The summed E-state index contributed by atoms with van der Waals surface area (Å²) >= 11 is 6.15. The number of hydrogen-bond acceptors (Lipinski definition) is 4. The highest BCUT2D eigenvalue weighted by atomic mass is 35.5. The minimum atomic E-state index is -0.132. The number of pyridine rings is 1. The van der Waals surface area contributed by atoms with Gasteiger partial charge in [-0.2, -0.15) is 5.10 Å². The molecule has 1 amide bonds. The van der Waals surface area contributed by atoms with Gasteiger partial charge < -0.3 is 10.2 Å². The molecule has 0 bridgehead atoms. The van der Waals surface area contributed by atoms with Gasteiger partial charge in [-0.3, -0.25) is 9.89 Å². The number of nitrogens with zero attached hydrogens (tertiary/aromatic N) is 3. The lowest BCUT2D eigenvalue weighted by molar-refractivity contribution is 0.0785. The Morgan fingerprint density at radius 2 is 2.29 bits per heavy atom. The largest absolute Gasteiger partial charge is 0.369 e. The van der Waals surface area contributed by atoms with Crippen LogP contribution in [0.2, 0.25) is 5.02 Å². The molecule has 21 heavy (non-hydrogen) atoms. The summed E-state index contributed by atoms with van der Waals surface area (Å²) in [6, 6.07) is 1.64. The van der Waals surface area contributed by atoms with Crippen molar-refractivity contribution in [2.45, 2.75) is 19.9 Å². The standard InChI is InChI=1S/C14H18ClN5O/c1-3-4-16-13-12(15)5-11(8-17-13)14(21)20(2)9-10-6-18-19-7-10/h5-8H,3-4,9H2,1-2H3,(H,16,17)(H,18,19). The lowest BCUT2D eigenvalue weighted by atomic mass is 10.2. The highest BCUT2D eigenvalue weighted by Gasteiger charge is 2.14. The summed E-state index contributed by atoms with van der Waals surface area (Å²) in [6.45, 7) is 3.33. The molecule has 0 atom stereocenters. The fourth-order valence-corrected chi connectivity index (χ4v) is 2.09. The minimum absolute atomic E-state index is 0.132. The molecule has 6 nitrogen and oxygen atoms in total. The summed E-state index contributed by atoms with van der Waals surface area (Å²) < 4.78 is 0. The maximum absolute atomic E-state index is 12.3. The number of rotatable bonds is 6. The van der Waals surface area contributed by atoms with Gasteiger partial charge in [-0.05, 0) is 12.5 Å². The number of nitrogens with one attached hydrogen (secondary N) is 2. The number of halogens is 1. The first-order chi connectivity index (χ1) is 10.1. The van der Waals surface area contributed by atoms with E-state index >= 15 is 0 Å². The Labute approximate surface area is 128 Å². The Morgan fingerprint density at radius 1 is 1.48 bits per heavy atom. The van der Waals surface area contributed by atoms with Crippen LogP contribution in [0.3, 0.4) is 0 Å². The third-order valence-corrected chi connectivity index (χ3v) is 3.24. The van der Waals surface area contributed by atoms with Crippen LogP contribution in [-0.4, -0.2) is 39.6 Å². The van der Waals surface area contributed by atoms with Gasteiger partial charge in [-0.15, -0.1) is 0 Å². The minimum Gasteiger partial charge on any atom is -0.369 e. The van der Waals surface area contributed by atoms with Crippen molar-refractivity contribution in [2.75, 3.05) is 18.9 Å². The monoisotopic (exact) mass is 307 g/mol. The molecule has 2 heterocycles. The SMILES string of the molecule is CCCNc1ncc(C(=O)N(C)Cc2cn[nH]c2)cc1Cl. The Kier molecular flexibility index (Phi) is 5.16. The van der Waals surface area contributed by atoms with Gasteiger partial charge in [0.2, 0.25) is 0 Å². The van der Waals surface area contributed by atoms with Crippen LogP contribution < -0.4 is 5.32 Å². The van der Waals surface area contributed by atoms with Crippen molar-refractivity contribution in [1.82, 2.24) is 20.1 Å². The summed E-state index contributed by atoms with van der Waals surface area (Å²) in [4.78, 5) is 18.1. The highest BCUT2D eigenvalue weighted by Crippen LogP contribution is 2.21. The molecule has 0 aliphatic carbocycles. The van der Waals surface area contributed by atoms with E-state index in [0.717, 1.165) is 18.5 Å². The van der Waals surface area contributed by atoms with Gasteiger partial charge in [-0.1, -0.05) is 18.5 Å². The maximum Gasteiger partial charge on any atom is 0.255 e. The second-order valence-electron chi connectivity index (χ2n) is 4.75. The number of hydrogen-bond donors (Lipinski definition) is 2. The summed E-state index contributed by atoms with van der Waals surface area (Å²) in [5, 5.41) is 10.1. The number of anilines is 1. The van der Waals surface area contributed by atoms with Gasteiger partial charge in [0.15, 0.2) is 0 Å². The predicted octanol–water partition coefficient (Wildman–Crippen LogP) is 2.55. The van der Waals surface area contributed by atoms with E-state index in [9.17, 15) is 4.79 Å². The van der Waals surface area contributed by atoms with Crippen molar-refractivity contribution in [1.29, 1.82) is 0 Å². The van der Waals surface area contributed by atoms with E-state index in [0.29, 0.717) is 22.9 Å². The van der Waals surface area contributed by atoms with Crippen molar-refractivity contribution in [3.63, 3.8) is 0 Å². The average molecular weight is 308 g/mol. The zero-order valence-electron chi connectivity index (χ0n) is 12.1. The van der Waals surface area contributed by atoms with Crippen molar-refractivity contribution in [2.24, 2.45) is 0 Å². The van der Waals surface area contributed by atoms with Crippen molar-refractivity contribution in [3.8, 4) is 0 Å². The predicted molar refractivity (Wildman–Crippen MR) is 82.4 cm³/mol. The lowest BCUT2D eigenvalue weighted by Gasteiger charge is -2.16. The van der Waals surface area contributed by atoms with Crippen LogP contribution in [0.15, 0.2) is 24.7 Å². The zero-order chi connectivity index (χ0) is 15.2. The molecule has 0 saturated carbocycles. The first-order valence-corrected chi connectivity index (χ1v) is 7.12. The summed E-state index contributed by atoms with van der Waals surface area (Å²) in [5.41, 5.74) is 1.40. The van der Waals surface area contributed by atoms with Crippen molar-refractivity contribution >= 4 is 23.3 Å². The molecule has 0 aromatic carbocycles. The normalized spacial score (nSPS) is 10.4. The number of aromatic nitrogens is 3. The fourth-order valence-electron chi connectivity index (χ4n) is 1.86. The number of aromatic amines is 1. The molecule has 0 fully saturated rings.